The summed E-state index contributed by atoms with van der Waals surface area (Å²) in [5, 5.41) is 4.22. The second kappa shape index (κ2) is 8.80. The van der Waals surface area contributed by atoms with Crippen molar-refractivity contribution in [3.8, 4) is 11.4 Å². The maximum Gasteiger partial charge on any atom is 0.170 e. The van der Waals surface area contributed by atoms with Gasteiger partial charge in [-0.3, -0.25) is 9.97 Å². The van der Waals surface area contributed by atoms with Crippen LogP contribution in [0, 0.1) is 0 Å². The third kappa shape index (κ3) is 3.71. The van der Waals surface area contributed by atoms with Crippen molar-refractivity contribution in [1.82, 2.24) is 24.8 Å². The molecule has 1 aliphatic heterocycles. The molecule has 1 aliphatic rings. The standard InChI is InChI=1S/C25H23N5OS/c1-31-22-10-3-2-8-20(22)29-16-6-9-21(29)24-23(19-7-4-5-13-27-19)28-25(32)30(24)17-18-11-14-26-15-12-18/h2-16,23-24H,17H2,1H3,(H,28,32). The number of aromatic nitrogens is 3. The lowest BCUT2D eigenvalue weighted by molar-refractivity contribution is 0.301. The number of para-hydroxylation sites is 2. The lowest BCUT2D eigenvalue weighted by atomic mass is 10.0. The highest BCUT2D eigenvalue weighted by atomic mass is 32.1. The van der Waals surface area contributed by atoms with Crippen LogP contribution in [0.4, 0.5) is 0 Å². The van der Waals surface area contributed by atoms with E-state index in [1.165, 1.54) is 0 Å². The number of thiocarbonyl (C=S) groups is 1. The Kier molecular flexibility index (Phi) is 5.56. The number of nitrogens with zero attached hydrogens (tertiary/aromatic N) is 4. The van der Waals surface area contributed by atoms with Crippen LogP contribution in [0.25, 0.3) is 5.69 Å². The molecule has 5 rings (SSSR count). The van der Waals surface area contributed by atoms with Crippen molar-refractivity contribution in [2.75, 3.05) is 7.11 Å². The number of rotatable bonds is 6. The molecule has 7 heteroatoms. The smallest absolute Gasteiger partial charge is 0.170 e. The zero-order valence-corrected chi connectivity index (χ0v) is 18.4. The van der Waals surface area contributed by atoms with E-state index in [4.69, 9.17) is 17.0 Å². The Balaban J connectivity index is 1.62. The van der Waals surface area contributed by atoms with Crippen molar-refractivity contribution in [1.29, 1.82) is 0 Å². The maximum absolute atomic E-state index is 5.81. The summed E-state index contributed by atoms with van der Waals surface area (Å²) < 4.78 is 7.82. The molecule has 1 fully saturated rings. The van der Waals surface area contributed by atoms with E-state index in [0.717, 1.165) is 28.4 Å². The molecule has 4 aromatic rings. The lowest BCUT2D eigenvalue weighted by Gasteiger charge is -2.29. The molecule has 3 aromatic heterocycles. The van der Waals surface area contributed by atoms with Gasteiger partial charge < -0.3 is 19.5 Å². The number of hydrogen-bond acceptors (Lipinski definition) is 4. The Bertz CT molecular complexity index is 1210. The van der Waals surface area contributed by atoms with Crippen LogP contribution in [-0.2, 0) is 6.54 Å². The Labute approximate surface area is 192 Å². The van der Waals surface area contributed by atoms with Crippen molar-refractivity contribution in [3.05, 3.63) is 108 Å². The van der Waals surface area contributed by atoms with Crippen molar-refractivity contribution in [2.24, 2.45) is 0 Å². The average Bonchev–Trinajstić information content (AvgIpc) is 3.45. The van der Waals surface area contributed by atoms with Gasteiger partial charge in [0.25, 0.3) is 0 Å². The zero-order chi connectivity index (χ0) is 21.9. The summed E-state index contributed by atoms with van der Waals surface area (Å²) in [7, 11) is 1.70. The van der Waals surface area contributed by atoms with Crippen LogP contribution in [0.1, 0.15) is 29.0 Å². The van der Waals surface area contributed by atoms with Gasteiger partial charge in [0.2, 0.25) is 0 Å². The Morgan fingerprint density at radius 3 is 2.56 bits per heavy atom. The maximum atomic E-state index is 5.81. The molecule has 0 spiro atoms. The largest absolute Gasteiger partial charge is 0.495 e. The molecule has 32 heavy (non-hydrogen) atoms. The molecule has 4 heterocycles. The van der Waals surface area contributed by atoms with Crippen molar-refractivity contribution in [2.45, 2.75) is 18.6 Å². The molecule has 160 valence electrons. The van der Waals surface area contributed by atoms with Crippen molar-refractivity contribution < 1.29 is 4.74 Å². The monoisotopic (exact) mass is 441 g/mol. The van der Waals surface area contributed by atoms with Gasteiger partial charge in [-0.1, -0.05) is 18.2 Å². The minimum absolute atomic E-state index is 0.0644. The van der Waals surface area contributed by atoms with Gasteiger partial charge >= 0.3 is 0 Å². The fraction of sp³-hybridized carbons (Fsp3) is 0.160. The Morgan fingerprint density at radius 1 is 0.969 bits per heavy atom. The average molecular weight is 442 g/mol. The molecule has 2 unspecified atom stereocenters. The van der Waals surface area contributed by atoms with Crippen LogP contribution in [0.2, 0.25) is 0 Å². The minimum Gasteiger partial charge on any atom is -0.495 e. The Hall–Kier alpha value is -3.71. The van der Waals surface area contributed by atoms with Gasteiger partial charge in [-0.25, -0.2) is 0 Å². The van der Waals surface area contributed by atoms with Crippen LogP contribution in [0.5, 0.6) is 5.75 Å². The summed E-state index contributed by atoms with van der Waals surface area (Å²) in [6, 6.07) is 22.1. The van der Waals surface area contributed by atoms with E-state index in [0.29, 0.717) is 11.7 Å². The van der Waals surface area contributed by atoms with E-state index in [1.54, 1.807) is 7.11 Å². The second-order valence-electron chi connectivity index (χ2n) is 7.58. The number of ether oxygens (including phenoxy) is 1. The molecule has 0 bridgehead atoms. The van der Waals surface area contributed by atoms with Gasteiger partial charge in [-0.15, -0.1) is 0 Å². The topological polar surface area (TPSA) is 55.2 Å². The highest BCUT2D eigenvalue weighted by Gasteiger charge is 2.41. The molecule has 0 radical (unpaired) electrons. The summed E-state index contributed by atoms with van der Waals surface area (Å²) in [5.74, 6) is 0.813. The van der Waals surface area contributed by atoms with E-state index < -0.39 is 0 Å². The minimum atomic E-state index is -0.0890. The first-order chi connectivity index (χ1) is 15.8. The Morgan fingerprint density at radius 2 is 1.78 bits per heavy atom. The molecule has 1 saturated heterocycles. The van der Waals surface area contributed by atoms with Gasteiger partial charge in [0.1, 0.15) is 5.75 Å². The zero-order valence-electron chi connectivity index (χ0n) is 17.6. The normalized spacial score (nSPS) is 17.9. The van der Waals surface area contributed by atoms with E-state index in [9.17, 15) is 0 Å². The van der Waals surface area contributed by atoms with Gasteiger partial charge in [-0.05, 0) is 66.3 Å². The van der Waals surface area contributed by atoms with Crippen LogP contribution in [0.3, 0.4) is 0 Å². The molecule has 0 aliphatic carbocycles. The summed E-state index contributed by atoms with van der Waals surface area (Å²) >= 11 is 5.81. The fourth-order valence-electron chi connectivity index (χ4n) is 4.27. The van der Waals surface area contributed by atoms with E-state index >= 15 is 0 Å². The number of hydrogen-bond donors (Lipinski definition) is 1. The van der Waals surface area contributed by atoms with Gasteiger partial charge in [-0.2, -0.15) is 0 Å². The molecule has 1 aromatic carbocycles. The summed E-state index contributed by atoms with van der Waals surface area (Å²) in [6.45, 7) is 0.666. The van der Waals surface area contributed by atoms with Gasteiger partial charge in [0, 0.05) is 37.0 Å². The van der Waals surface area contributed by atoms with Crippen LogP contribution in [-0.4, -0.2) is 31.7 Å². The first kappa shape index (κ1) is 20.2. The highest BCUT2D eigenvalue weighted by molar-refractivity contribution is 7.80. The highest BCUT2D eigenvalue weighted by Crippen LogP contribution is 2.41. The van der Waals surface area contributed by atoms with Crippen LogP contribution >= 0.6 is 12.2 Å². The van der Waals surface area contributed by atoms with E-state index in [1.807, 2.05) is 67.1 Å². The molecule has 0 saturated carbocycles. The predicted octanol–water partition coefficient (Wildman–Crippen LogP) is 4.45. The molecule has 6 nitrogen and oxygen atoms in total. The van der Waals surface area contributed by atoms with Crippen molar-refractivity contribution >= 4 is 17.3 Å². The second-order valence-corrected chi connectivity index (χ2v) is 7.97. The van der Waals surface area contributed by atoms with Crippen LogP contribution < -0.4 is 10.1 Å². The molecule has 2 atom stereocenters. The molecular formula is C25H23N5OS. The number of nitrogens with one attached hydrogen (secondary N) is 1. The first-order valence-corrected chi connectivity index (χ1v) is 10.8. The predicted molar refractivity (Wildman–Crippen MR) is 128 cm³/mol. The third-order valence-corrected chi connectivity index (χ3v) is 6.08. The lowest BCUT2D eigenvalue weighted by Crippen LogP contribution is -2.30. The summed E-state index contributed by atoms with van der Waals surface area (Å²) in [4.78, 5) is 11.0. The van der Waals surface area contributed by atoms with Crippen molar-refractivity contribution in [3.63, 3.8) is 0 Å². The quantitative estimate of drug-likeness (QED) is 0.446. The number of methoxy groups -OCH3 is 1. The number of pyridine rings is 2. The van der Waals surface area contributed by atoms with E-state index in [2.05, 4.69) is 49.1 Å². The first-order valence-electron chi connectivity index (χ1n) is 10.4. The SMILES string of the molecule is COc1ccccc1-n1cccc1C1C(c2ccccn2)NC(=S)N1Cc1ccncc1. The van der Waals surface area contributed by atoms with E-state index in [-0.39, 0.29) is 12.1 Å². The number of benzene rings is 1. The summed E-state index contributed by atoms with van der Waals surface area (Å²) in [5.41, 5.74) is 4.18. The van der Waals surface area contributed by atoms with Gasteiger partial charge in [0.15, 0.2) is 5.11 Å². The molecular weight excluding hydrogens is 418 g/mol. The van der Waals surface area contributed by atoms with Crippen LogP contribution in [0.15, 0.2) is 91.5 Å². The van der Waals surface area contributed by atoms with Gasteiger partial charge in [0.05, 0.1) is 30.6 Å². The molecule has 1 N–H and O–H groups in total. The summed E-state index contributed by atoms with van der Waals surface area (Å²) in [6.07, 6.45) is 7.51. The molecule has 0 amide bonds. The third-order valence-electron chi connectivity index (χ3n) is 5.73. The fourth-order valence-corrected chi connectivity index (χ4v) is 4.57.